The van der Waals surface area contributed by atoms with Crippen molar-refractivity contribution < 1.29 is 9.69 Å². The smallest absolute Gasteiger partial charge is 0.282 e. The summed E-state index contributed by atoms with van der Waals surface area (Å²) in [5, 5.41) is 0. The fraction of sp³-hybridized carbons (Fsp3) is 0.500. The Labute approximate surface area is 175 Å². The molecule has 0 radical (unpaired) electrons. The summed E-state index contributed by atoms with van der Waals surface area (Å²) in [4.78, 5) is 17.1. The zero-order chi connectivity index (χ0) is 20.6. The van der Waals surface area contributed by atoms with E-state index in [1.165, 1.54) is 40.9 Å². The van der Waals surface area contributed by atoms with Crippen molar-refractivity contribution in [3.05, 3.63) is 65.2 Å². The predicted molar refractivity (Wildman–Crippen MR) is 120 cm³/mol. The van der Waals surface area contributed by atoms with E-state index < -0.39 is 0 Å². The zero-order valence-electron chi connectivity index (χ0n) is 18.4. The van der Waals surface area contributed by atoms with Crippen molar-refractivity contribution in [3.8, 4) is 0 Å². The molecule has 0 aliphatic carbocycles. The van der Waals surface area contributed by atoms with Gasteiger partial charge in [-0.15, -0.1) is 0 Å². The molecule has 2 aliphatic heterocycles. The second kappa shape index (κ2) is 7.60. The van der Waals surface area contributed by atoms with Crippen LogP contribution in [-0.4, -0.2) is 31.1 Å². The fourth-order valence-corrected chi connectivity index (χ4v) is 5.67. The van der Waals surface area contributed by atoms with Crippen molar-refractivity contribution in [2.75, 3.05) is 24.5 Å². The van der Waals surface area contributed by atoms with Crippen molar-refractivity contribution in [1.82, 2.24) is 0 Å². The van der Waals surface area contributed by atoms with Gasteiger partial charge in [0.05, 0.1) is 13.1 Å². The van der Waals surface area contributed by atoms with Gasteiger partial charge in [0.2, 0.25) is 0 Å². The van der Waals surface area contributed by atoms with Crippen LogP contribution in [0, 0.1) is 6.92 Å². The van der Waals surface area contributed by atoms with Crippen LogP contribution >= 0.6 is 0 Å². The summed E-state index contributed by atoms with van der Waals surface area (Å²) < 4.78 is 0. The molecule has 2 aliphatic rings. The number of quaternary nitrogens is 1. The summed E-state index contributed by atoms with van der Waals surface area (Å²) in [6, 6.07) is 17.5. The number of rotatable bonds is 3. The molecule has 2 aromatic rings. The van der Waals surface area contributed by atoms with Gasteiger partial charge in [-0.2, -0.15) is 0 Å². The number of carbonyl (C=O) groups excluding carboxylic acids is 1. The van der Waals surface area contributed by atoms with Crippen LogP contribution in [0.1, 0.15) is 63.1 Å². The van der Waals surface area contributed by atoms with Crippen LogP contribution < -0.4 is 9.80 Å². The maximum atomic E-state index is 13.5. The third kappa shape index (κ3) is 3.73. The second-order valence-electron chi connectivity index (χ2n) is 9.92. The molecule has 0 aromatic heterocycles. The number of aryl methyl sites for hydroxylation is 1. The highest BCUT2D eigenvalue weighted by molar-refractivity contribution is 5.97. The molecule has 29 heavy (non-hydrogen) atoms. The van der Waals surface area contributed by atoms with E-state index in [0.29, 0.717) is 6.54 Å². The number of amides is 1. The van der Waals surface area contributed by atoms with E-state index in [-0.39, 0.29) is 16.9 Å². The van der Waals surface area contributed by atoms with Crippen LogP contribution in [0.15, 0.2) is 48.5 Å². The van der Waals surface area contributed by atoms with E-state index in [0.717, 1.165) is 25.2 Å². The number of nitrogens with zero attached hydrogens (tertiary/aromatic N) is 1. The van der Waals surface area contributed by atoms with Gasteiger partial charge in [0.25, 0.3) is 5.91 Å². The summed E-state index contributed by atoms with van der Waals surface area (Å²) in [5.41, 5.74) is 4.63. The molecule has 1 N–H and O–H groups in total. The molecule has 4 rings (SSSR count). The molecule has 0 bridgehead atoms. The molecule has 3 heteroatoms. The number of hydrogen-bond acceptors (Lipinski definition) is 1. The number of fused-ring (bicyclic) bond motifs is 1. The molecular formula is C26H35N2O+. The Bertz CT molecular complexity index is 880. The molecule has 154 valence electrons. The molecule has 1 atom stereocenters. The lowest BCUT2D eigenvalue weighted by Gasteiger charge is -2.51. The van der Waals surface area contributed by atoms with Gasteiger partial charge in [0.1, 0.15) is 0 Å². The van der Waals surface area contributed by atoms with Crippen LogP contribution in [-0.2, 0) is 10.2 Å². The van der Waals surface area contributed by atoms with E-state index in [4.69, 9.17) is 0 Å². The SMILES string of the molecule is Cc1ccc([C@@]2(C)CC(C)(C)N(C(=O)C[NH+]3CCCCC3)c3ccccc32)cc1. The highest BCUT2D eigenvalue weighted by Crippen LogP contribution is 2.50. The standard InChI is InChI=1S/C26H34N2O/c1-20-12-14-21(15-13-20)26(4)19-25(2,3)28(23-11-7-6-10-22(23)26)24(29)18-27-16-8-5-9-17-27/h6-7,10-15H,5,8-9,16-19H2,1-4H3/p+1/t26-/m1/s1. The number of benzene rings is 2. The molecule has 1 saturated heterocycles. The highest BCUT2D eigenvalue weighted by atomic mass is 16.2. The maximum Gasteiger partial charge on any atom is 0.282 e. The second-order valence-corrected chi connectivity index (χ2v) is 9.92. The number of carbonyl (C=O) groups is 1. The van der Waals surface area contributed by atoms with E-state index >= 15 is 0 Å². The van der Waals surface area contributed by atoms with Gasteiger partial charge in [-0.3, -0.25) is 4.79 Å². The topological polar surface area (TPSA) is 24.8 Å². The Morgan fingerprint density at radius 1 is 0.966 bits per heavy atom. The summed E-state index contributed by atoms with van der Waals surface area (Å²) in [6.07, 6.45) is 4.72. The van der Waals surface area contributed by atoms with E-state index in [9.17, 15) is 4.79 Å². The molecule has 2 aromatic carbocycles. The van der Waals surface area contributed by atoms with Crippen LogP contribution in [0.5, 0.6) is 0 Å². The molecule has 0 unspecified atom stereocenters. The Balaban J connectivity index is 1.73. The van der Waals surface area contributed by atoms with E-state index in [1.807, 2.05) is 0 Å². The molecule has 0 spiro atoms. The first-order valence-corrected chi connectivity index (χ1v) is 11.1. The van der Waals surface area contributed by atoms with Gasteiger partial charge < -0.3 is 9.80 Å². The normalized spacial score (nSPS) is 24.2. The lowest BCUT2D eigenvalue weighted by Crippen LogP contribution is -3.14. The largest absolute Gasteiger partial charge is 0.327 e. The van der Waals surface area contributed by atoms with Crippen LogP contribution in [0.2, 0.25) is 0 Å². The van der Waals surface area contributed by atoms with Gasteiger partial charge in [-0.05, 0) is 63.6 Å². The lowest BCUT2D eigenvalue weighted by molar-refractivity contribution is -0.896. The van der Waals surface area contributed by atoms with Crippen LogP contribution in [0.4, 0.5) is 5.69 Å². The number of piperidine rings is 1. The number of hydrogen-bond donors (Lipinski definition) is 1. The third-order valence-electron chi connectivity index (χ3n) is 7.03. The third-order valence-corrected chi connectivity index (χ3v) is 7.03. The molecular weight excluding hydrogens is 356 g/mol. The molecule has 3 nitrogen and oxygen atoms in total. The molecule has 2 heterocycles. The number of para-hydroxylation sites is 1. The minimum absolute atomic E-state index is 0.109. The van der Waals surface area contributed by atoms with Gasteiger partial charge in [0.15, 0.2) is 6.54 Å². The Hall–Kier alpha value is -2.13. The predicted octanol–water partition coefficient (Wildman–Crippen LogP) is 3.89. The average Bonchev–Trinajstić information content (AvgIpc) is 2.68. The number of nitrogens with one attached hydrogen (secondary N) is 1. The molecule has 0 saturated carbocycles. The number of likely N-dealkylation sites (tertiary alicyclic amines) is 1. The number of anilines is 1. The van der Waals surface area contributed by atoms with Gasteiger partial charge in [-0.1, -0.05) is 55.0 Å². The van der Waals surface area contributed by atoms with Crippen LogP contribution in [0.25, 0.3) is 0 Å². The Morgan fingerprint density at radius 3 is 2.31 bits per heavy atom. The zero-order valence-corrected chi connectivity index (χ0v) is 18.4. The molecule has 1 fully saturated rings. The van der Waals surface area contributed by atoms with Crippen molar-refractivity contribution >= 4 is 11.6 Å². The van der Waals surface area contributed by atoms with E-state index in [1.54, 1.807) is 0 Å². The van der Waals surface area contributed by atoms with Gasteiger partial charge >= 0.3 is 0 Å². The summed E-state index contributed by atoms with van der Waals surface area (Å²) in [5.74, 6) is 0.269. The summed E-state index contributed by atoms with van der Waals surface area (Å²) in [7, 11) is 0. The Kier molecular flexibility index (Phi) is 5.29. The summed E-state index contributed by atoms with van der Waals surface area (Å²) in [6.45, 7) is 11.8. The monoisotopic (exact) mass is 391 g/mol. The first-order chi connectivity index (χ1) is 13.8. The summed E-state index contributed by atoms with van der Waals surface area (Å²) >= 11 is 0. The fourth-order valence-electron chi connectivity index (χ4n) is 5.67. The van der Waals surface area contributed by atoms with Crippen molar-refractivity contribution in [3.63, 3.8) is 0 Å². The van der Waals surface area contributed by atoms with Gasteiger partial charge in [-0.25, -0.2) is 0 Å². The highest BCUT2D eigenvalue weighted by Gasteiger charge is 2.48. The van der Waals surface area contributed by atoms with Gasteiger partial charge in [0, 0.05) is 16.6 Å². The van der Waals surface area contributed by atoms with E-state index in [2.05, 4.69) is 81.1 Å². The van der Waals surface area contributed by atoms with Crippen molar-refractivity contribution in [2.45, 2.75) is 64.3 Å². The van der Waals surface area contributed by atoms with Crippen molar-refractivity contribution in [2.24, 2.45) is 0 Å². The first-order valence-electron chi connectivity index (χ1n) is 11.1. The average molecular weight is 392 g/mol. The quantitative estimate of drug-likeness (QED) is 0.844. The minimum Gasteiger partial charge on any atom is -0.327 e. The maximum absolute atomic E-state index is 13.5. The molecule has 1 amide bonds. The van der Waals surface area contributed by atoms with Crippen LogP contribution in [0.3, 0.4) is 0 Å². The minimum atomic E-state index is -0.236. The Morgan fingerprint density at radius 2 is 1.62 bits per heavy atom. The first kappa shape index (κ1) is 20.2. The lowest BCUT2D eigenvalue weighted by atomic mass is 9.65. The van der Waals surface area contributed by atoms with Crippen molar-refractivity contribution in [1.29, 1.82) is 0 Å².